The third-order valence-electron chi connectivity index (χ3n) is 5.71. The Balaban J connectivity index is 0.00000320. The molecule has 2 fully saturated rings. The number of aliphatic imine (C=N–C) groups is 1. The van der Waals surface area contributed by atoms with Gasteiger partial charge in [-0.25, -0.2) is 0 Å². The lowest BCUT2D eigenvalue weighted by Crippen LogP contribution is -2.52. The van der Waals surface area contributed by atoms with Crippen LogP contribution >= 0.6 is 24.0 Å². The Morgan fingerprint density at radius 1 is 1.13 bits per heavy atom. The summed E-state index contributed by atoms with van der Waals surface area (Å²) in [5, 5.41) is 16.6. The highest BCUT2D eigenvalue weighted by Crippen LogP contribution is 2.27. The average molecular weight is 529 g/mol. The van der Waals surface area contributed by atoms with Crippen LogP contribution in [-0.4, -0.2) is 67.2 Å². The van der Waals surface area contributed by atoms with Gasteiger partial charge in [-0.2, -0.15) is 0 Å². The second-order valence-electron chi connectivity index (χ2n) is 7.85. The van der Waals surface area contributed by atoms with E-state index in [2.05, 4.69) is 32.3 Å². The molecule has 8 heteroatoms. The van der Waals surface area contributed by atoms with Crippen molar-refractivity contribution < 1.29 is 9.90 Å². The van der Waals surface area contributed by atoms with Crippen molar-refractivity contribution >= 4 is 41.5 Å². The molecule has 1 amide bonds. The molecular weight excluding hydrogens is 493 g/mol. The summed E-state index contributed by atoms with van der Waals surface area (Å²) in [6, 6.07) is 7.83. The molecule has 1 aliphatic carbocycles. The number of nitrogens with zero attached hydrogens (tertiary/aromatic N) is 3. The van der Waals surface area contributed by atoms with E-state index in [0.29, 0.717) is 24.8 Å². The first-order valence-corrected chi connectivity index (χ1v) is 11.0. The van der Waals surface area contributed by atoms with Gasteiger partial charge in [0.1, 0.15) is 5.75 Å². The van der Waals surface area contributed by atoms with Crippen molar-refractivity contribution in [1.82, 2.24) is 15.5 Å². The number of amides is 1. The lowest BCUT2D eigenvalue weighted by atomic mass is 9.95. The van der Waals surface area contributed by atoms with Crippen LogP contribution in [-0.2, 0) is 4.79 Å². The number of hydrogen-bond donors (Lipinski definition) is 3. The number of halogens is 1. The van der Waals surface area contributed by atoms with Crippen molar-refractivity contribution in [2.75, 3.05) is 44.2 Å². The maximum absolute atomic E-state index is 12.2. The summed E-state index contributed by atoms with van der Waals surface area (Å²) >= 11 is 0. The number of guanidine groups is 1. The van der Waals surface area contributed by atoms with Gasteiger partial charge in [-0.1, -0.05) is 31.4 Å². The molecule has 1 heterocycles. The fourth-order valence-electron chi connectivity index (χ4n) is 4.13. The van der Waals surface area contributed by atoms with E-state index < -0.39 is 0 Å². The number of aromatic hydroxyl groups is 1. The van der Waals surface area contributed by atoms with E-state index in [-0.39, 0.29) is 29.9 Å². The summed E-state index contributed by atoms with van der Waals surface area (Å²) in [6.45, 7) is 6.66. The largest absolute Gasteiger partial charge is 0.506 e. The molecule has 30 heavy (non-hydrogen) atoms. The molecule has 3 rings (SSSR count). The molecule has 0 spiro atoms. The molecule has 0 atom stereocenters. The first-order valence-electron chi connectivity index (χ1n) is 11.0. The van der Waals surface area contributed by atoms with Crippen LogP contribution in [0.15, 0.2) is 29.3 Å². The van der Waals surface area contributed by atoms with Crippen molar-refractivity contribution in [3.8, 4) is 5.75 Å². The maximum atomic E-state index is 12.2. The third kappa shape index (κ3) is 7.21. The summed E-state index contributed by atoms with van der Waals surface area (Å²) in [6.07, 6.45) is 6.39. The molecule has 0 radical (unpaired) electrons. The summed E-state index contributed by atoms with van der Waals surface area (Å²) in [5.74, 6) is 1.31. The minimum atomic E-state index is 0. The topological polar surface area (TPSA) is 80.2 Å². The fraction of sp³-hybridized carbons (Fsp3) is 0.636. The number of anilines is 1. The minimum absolute atomic E-state index is 0. The molecule has 1 aromatic rings. The molecule has 1 aromatic carbocycles. The van der Waals surface area contributed by atoms with Crippen LogP contribution in [0.3, 0.4) is 0 Å². The Labute approximate surface area is 197 Å². The van der Waals surface area contributed by atoms with Gasteiger partial charge in [-0.3, -0.25) is 9.79 Å². The predicted molar refractivity (Wildman–Crippen MR) is 133 cm³/mol. The van der Waals surface area contributed by atoms with Crippen LogP contribution < -0.4 is 15.5 Å². The van der Waals surface area contributed by atoms with Crippen LogP contribution in [0.5, 0.6) is 5.75 Å². The number of phenolic OH excluding ortho intramolecular Hbond substituents is 1. The lowest BCUT2D eigenvalue weighted by Gasteiger charge is -2.37. The number of rotatable bonds is 6. The van der Waals surface area contributed by atoms with Gasteiger partial charge in [0.25, 0.3) is 0 Å². The van der Waals surface area contributed by atoms with Crippen molar-refractivity contribution in [3.63, 3.8) is 0 Å². The quantitative estimate of drug-likeness (QED) is 0.300. The van der Waals surface area contributed by atoms with Gasteiger partial charge >= 0.3 is 0 Å². The van der Waals surface area contributed by atoms with Crippen LogP contribution in [0, 0.1) is 0 Å². The van der Waals surface area contributed by atoms with E-state index in [0.717, 1.165) is 57.2 Å². The number of nitrogens with one attached hydrogen (secondary N) is 2. The standard InChI is InChI=1S/C22H35N5O2.HI/c1-2-23-22(24-13-12-21(29)25-18-8-4-3-5-9-18)27-16-14-26(15-17-27)19-10-6-7-11-20(19)28;/h6-7,10-11,18,28H,2-5,8-9,12-17H2,1H3,(H,23,24)(H,25,29);1H. The normalized spacial score (nSPS) is 18.0. The highest BCUT2D eigenvalue weighted by atomic mass is 127. The summed E-state index contributed by atoms with van der Waals surface area (Å²) < 4.78 is 0. The molecule has 168 valence electrons. The highest BCUT2D eigenvalue weighted by Gasteiger charge is 2.21. The number of hydrogen-bond acceptors (Lipinski definition) is 4. The van der Waals surface area contributed by atoms with E-state index in [4.69, 9.17) is 0 Å². The van der Waals surface area contributed by atoms with E-state index in [1.165, 1.54) is 19.3 Å². The van der Waals surface area contributed by atoms with Gasteiger partial charge in [-0.05, 0) is 31.9 Å². The van der Waals surface area contributed by atoms with E-state index in [1.54, 1.807) is 6.07 Å². The average Bonchev–Trinajstić information content (AvgIpc) is 2.74. The van der Waals surface area contributed by atoms with Gasteiger partial charge in [0.05, 0.1) is 12.2 Å². The molecule has 1 saturated heterocycles. The Kier molecular flexibility index (Phi) is 10.5. The second kappa shape index (κ2) is 12.9. The number of para-hydroxylation sites is 2. The smallest absolute Gasteiger partial charge is 0.222 e. The van der Waals surface area contributed by atoms with Crippen LogP contribution in [0.1, 0.15) is 45.4 Å². The molecule has 3 N–H and O–H groups in total. The summed E-state index contributed by atoms with van der Waals surface area (Å²) in [4.78, 5) is 21.3. The van der Waals surface area contributed by atoms with E-state index >= 15 is 0 Å². The number of carbonyl (C=O) groups excluding carboxylic acids is 1. The molecular formula is C22H36IN5O2. The first kappa shape index (κ1) is 24.6. The Hall–Kier alpha value is -1.71. The maximum Gasteiger partial charge on any atom is 0.222 e. The zero-order valence-corrected chi connectivity index (χ0v) is 20.3. The van der Waals surface area contributed by atoms with Crippen molar-refractivity contribution in [2.24, 2.45) is 4.99 Å². The number of phenols is 1. The fourth-order valence-corrected chi connectivity index (χ4v) is 4.13. The molecule has 0 bridgehead atoms. The lowest BCUT2D eigenvalue weighted by molar-refractivity contribution is -0.121. The number of piperazine rings is 1. The van der Waals surface area contributed by atoms with Crippen LogP contribution in [0.4, 0.5) is 5.69 Å². The summed E-state index contributed by atoms with van der Waals surface area (Å²) in [5.41, 5.74) is 0.883. The third-order valence-corrected chi connectivity index (χ3v) is 5.71. The van der Waals surface area contributed by atoms with Gasteiger partial charge in [0.15, 0.2) is 5.96 Å². The monoisotopic (exact) mass is 529 g/mol. The van der Waals surface area contributed by atoms with Gasteiger partial charge in [0, 0.05) is 45.2 Å². The SMILES string of the molecule is CCNC(=NCCC(=O)NC1CCCCC1)N1CCN(c2ccccc2O)CC1.I. The molecule has 2 aliphatic rings. The van der Waals surface area contributed by atoms with Crippen molar-refractivity contribution in [3.05, 3.63) is 24.3 Å². The van der Waals surface area contributed by atoms with Gasteiger partial charge in [-0.15, -0.1) is 24.0 Å². The van der Waals surface area contributed by atoms with Crippen LogP contribution in [0.2, 0.25) is 0 Å². The molecule has 1 aliphatic heterocycles. The minimum Gasteiger partial charge on any atom is -0.506 e. The van der Waals surface area contributed by atoms with E-state index in [9.17, 15) is 9.90 Å². The zero-order valence-electron chi connectivity index (χ0n) is 18.0. The first-order chi connectivity index (χ1) is 14.2. The highest BCUT2D eigenvalue weighted by molar-refractivity contribution is 14.0. The Morgan fingerprint density at radius 3 is 2.50 bits per heavy atom. The summed E-state index contributed by atoms with van der Waals surface area (Å²) in [7, 11) is 0. The van der Waals surface area contributed by atoms with Crippen molar-refractivity contribution in [2.45, 2.75) is 51.5 Å². The number of benzene rings is 1. The molecule has 7 nitrogen and oxygen atoms in total. The van der Waals surface area contributed by atoms with Crippen LogP contribution in [0.25, 0.3) is 0 Å². The Morgan fingerprint density at radius 2 is 1.83 bits per heavy atom. The van der Waals surface area contributed by atoms with Gasteiger partial charge < -0.3 is 25.5 Å². The predicted octanol–water partition coefficient (Wildman–Crippen LogP) is 2.94. The van der Waals surface area contributed by atoms with E-state index in [1.807, 2.05) is 18.2 Å². The second-order valence-corrected chi connectivity index (χ2v) is 7.85. The molecule has 0 aromatic heterocycles. The molecule has 1 saturated carbocycles. The number of carbonyl (C=O) groups is 1. The zero-order chi connectivity index (χ0) is 20.5. The Bertz CT molecular complexity index is 686. The van der Waals surface area contributed by atoms with Gasteiger partial charge in [0.2, 0.25) is 5.91 Å². The molecule has 0 unspecified atom stereocenters. The van der Waals surface area contributed by atoms with Crippen molar-refractivity contribution in [1.29, 1.82) is 0 Å².